The highest BCUT2D eigenvalue weighted by Crippen LogP contribution is 2.53. The van der Waals surface area contributed by atoms with Crippen LogP contribution in [0.5, 0.6) is 0 Å². The molecule has 1 heteroatoms. The molecule has 1 aliphatic carbocycles. The minimum atomic E-state index is -0.159. The van der Waals surface area contributed by atoms with Gasteiger partial charge >= 0.3 is 0 Å². The fourth-order valence-electron chi connectivity index (χ4n) is 10.4. The lowest BCUT2D eigenvalue weighted by Crippen LogP contribution is -2.17. The van der Waals surface area contributed by atoms with Crippen molar-refractivity contribution in [1.82, 2.24) is 0 Å². The summed E-state index contributed by atoms with van der Waals surface area (Å²) in [5.74, 6) is 0. The summed E-state index contributed by atoms with van der Waals surface area (Å²) in [5, 5.41) is 7.45. The highest BCUT2D eigenvalue weighted by atomic mass is 15.1. The summed E-state index contributed by atoms with van der Waals surface area (Å²) in [4.78, 5) is 2.50. The summed E-state index contributed by atoms with van der Waals surface area (Å²) >= 11 is 0. The Morgan fingerprint density at radius 1 is 0.297 bits per heavy atom. The normalized spacial score (nSPS) is 12.7. The van der Waals surface area contributed by atoms with E-state index in [0.29, 0.717) is 0 Å². The van der Waals surface area contributed by atoms with Crippen LogP contribution in [0.25, 0.3) is 88.0 Å². The Labute approximate surface area is 375 Å². The monoisotopic (exact) mass is 815 g/mol. The molecule has 0 saturated carbocycles. The van der Waals surface area contributed by atoms with Crippen LogP contribution in [0.2, 0.25) is 0 Å². The van der Waals surface area contributed by atoms with E-state index in [1.54, 1.807) is 0 Å². The van der Waals surface area contributed by atoms with Crippen molar-refractivity contribution in [2.75, 3.05) is 4.90 Å². The first kappa shape index (κ1) is 37.7. The fraction of sp³-hybridized carbons (Fsp3) is 0.0476. The Morgan fingerprint density at radius 3 is 1.67 bits per heavy atom. The Morgan fingerprint density at radius 2 is 0.859 bits per heavy atom. The number of rotatable bonds is 7. The third-order valence-corrected chi connectivity index (χ3v) is 13.7. The van der Waals surface area contributed by atoms with Crippen LogP contribution in [0.4, 0.5) is 17.1 Å². The lowest BCUT2D eigenvalue weighted by Gasteiger charge is -2.31. The number of benzene rings is 11. The second-order valence-electron chi connectivity index (χ2n) is 17.7. The molecule has 11 aromatic rings. The highest BCUT2D eigenvalue weighted by molar-refractivity contribution is 6.16. The number of fused-ring (bicyclic) bond motifs is 7. The molecule has 11 aromatic carbocycles. The molecule has 64 heavy (non-hydrogen) atoms. The predicted molar refractivity (Wildman–Crippen MR) is 273 cm³/mol. The van der Waals surface area contributed by atoms with Crippen molar-refractivity contribution >= 4 is 49.4 Å². The van der Waals surface area contributed by atoms with Gasteiger partial charge in [0.05, 0.1) is 5.69 Å². The van der Waals surface area contributed by atoms with Crippen molar-refractivity contribution in [2.24, 2.45) is 0 Å². The lowest BCUT2D eigenvalue weighted by atomic mass is 9.82. The summed E-state index contributed by atoms with van der Waals surface area (Å²) < 4.78 is 0. The van der Waals surface area contributed by atoms with Crippen molar-refractivity contribution in [2.45, 2.75) is 19.3 Å². The van der Waals surface area contributed by atoms with Gasteiger partial charge in [-0.1, -0.05) is 208 Å². The quantitative estimate of drug-likeness (QED) is 0.145. The van der Waals surface area contributed by atoms with Crippen molar-refractivity contribution in [1.29, 1.82) is 0 Å². The van der Waals surface area contributed by atoms with E-state index in [2.05, 4.69) is 255 Å². The van der Waals surface area contributed by atoms with Crippen LogP contribution in [0.15, 0.2) is 237 Å². The van der Waals surface area contributed by atoms with Gasteiger partial charge in [0.25, 0.3) is 0 Å². The van der Waals surface area contributed by atoms with Gasteiger partial charge in [0.2, 0.25) is 0 Å². The van der Waals surface area contributed by atoms with Crippen LogP contribution in [0.1, 0.15) is 25.0 Å². The molecule has 0 spiro atoms. The molecule has 0 bridgehead atoms. The summed E-state index contributed by atoms with van der Waals surface area (Å²) in [6.45, 7) is 4.74. The standard InChI is InChI=1S/C63H45N/c1-63(2)59-25-13-12-23-56(59)57-38-37-51(41-60(57)63)64(50-35-33-45(34-36-50)48-32-29-43-17-6-7-18-47(43)39-48)61-26-14-24-53(46-30-27-44(28-31-46)42-15-4-3-5-16-42)62(61)58-40-49-19-8-9-20-52(49)54-21-10-11-22-55(54)58/h3-41H,1-2H3. The Bertz CT molecular complexity index is 3560. The van der Waals surface area contributed by atoms with Crippen LogP contribution in [-0.4, -0.2) is 0 Å². The zero-order valence-electron chi connectivity index (χ0n) is 36.0. The first-order chi connectivity index (χ1) is 31.5. The van der Waals surface area contributed by atoms with E-state index in [9.17, 15) is 0 Å². The smallest absolute Gasteiger partial charge is 0.0546 e. The maximum absolute atomic E-state index is 2.50. The molecule has 0 saturated heterocycles. The molecule has 302 valence electrons. The van der Waals surface area contributed by atoms with E-state index in [0.717, 1.165) is 17.1 Å². The molecule has 0 radical (unpaired) electrons. The molecule has 0 aliphatic heterocycles. The van der Waals surface area contributed by atoms with Gasteiger partial charge in [0.15, 0.2) is 0 Å². The Balaban J connectivity index is 1.12. The summed E-state index contributed by atoms with van der Waals surface area (Å²) in [6.07, 6.45) is 0. The summed E-state index contributed by atoms with van der Waals surface area (Å²) in [6, 6.07) is 87.5. The van der Waals surface area contributed by atoms with Gasteiger partial charge < -0.3 is 4.90 Å². The number of hydrogen-bond donors (Lipinski definition) is 0. The van der Waals surface area contributed by atoms with E-state index in [4.69, 9.17) is 0 Å². The molecule has 0 unspecified atom stereocenters. The third kappa shape index (κ3) is 6.23. The zero-order chi connectivity index (χ0) is 42.8. The average Bonchev–Trinajstić information content (AvgIpc) is 3.59. The molecule has 1 aliphatic rings. The molecular formula is C63H45N. The van der Waals surface area contributed by atoms with Gasteiger partial charge in [0, 0.05) is 22.4 Å². The molecule has 0 N–H and O–H groups in total. The maximum Gasteiger partial charge on any atom is 0.0546 e. The molecule has 12 rings (SSSR count). The first-order valence-electron chi connectivity index (χ1n) is 22.3. The number of nitrogens with zero attached hydrogens (tertiary/aromatic N) is 1. The zero-order valence-corrected chi connectivity index (χ0v) is 36.0. The third-order valence-electron chi connectivity index (χ3n) is 13.7. The molecule has 0 amide bonds. The minimum Gasteiger partial charge on any atom is -0.310 e. The second-order valence-corrected chi connectivity index (χ2v) is 17.7. The van der Waals surface area contributed by atoms with Crippen LogP contribution < -0.4 is 4.90 Å². The molecular weight excluding hydrogens is 771 g/mol. The maximum atomic E-state index is 2.50. The van der Waals surface area contributed by atoms with Crippen molar-refractivity contribution in [3.8, 4) is 55.6 Å². The van der Waals surface area contributed by atoms with Gasteiger partial charge in [0.1, 0.15) is 0 Å². The Kier molecular flexibility index (Phi) is 8.91. The molecule has 0 aromatic heterocycles. The number of hydrogen-bond acceptors (Lipinski definition) is 1. The van der Waals surface area contributed by atoms with Gasteiger partial charge in [-0.25, -0.2) is 0 Å². The fourth-order valence-corrected chi connectivity index (χ4v) is 10.4. The largest absolute Gasteiger partial charge is 0.310 e. The highest BCUT2D eigenvalue weighted by Gasteiger charge is 2.36. The molecule has 1 nitrogen and oxygen atoms in total. The average molecular weight is 816 g/mol. The van der Waals surface area contributed by atoms with Crippen LogP contribution in [-0.2, 0) is 5.41 Å². The minimum absolute atomic E-state index is 0.159. The Hall–Kier alpha value is -8.00. The SMILES string of the molecule is CC1(C)c2ccccc2-c2ccc(N(c3ccc(-c4ccc5ccccc5c4)cc3)c3cccc(-c4ccc(-c5ccccc5)cc4)c3-c3cc4ccccc4c4ccccc34)cc21. The van der Waals surface area contributed by atoms with Crippen molar-refractivity contribution in [3.63, 3.8) is 0 Å². The van der Waals surface area contributed by atoms with E-state index in [1.165, 1.54) is 99.1 Å². The van der Waals surface area contributed by atoms with Gasteiger partial charge in [-0.2, -0.15) is 0 Å². The van der Waals surface area contributed by atoms with Crippen LogP contribution in [0, 0.1) is 0 Å². The van der Waals surface area contributed by atoms with E-state index in [1.807, 2.05) is 0 Å². The topological polar surface area (TPSA) is 3.24 Å². The van der Waals surface area contributed by atoms with Gasteiger partial charge in [-0.3, -0.25) is 0 Å². The molecule has 0 fully saturated rings. The summed E-state index contributed by atoms with van der Waals surface area (Å²) in [7, 11) is 0. The van der Waals surface area contributed by atoms with Crippen molar-refractivity contribution < 1.29 is 0 Å². The van der Waals surface area contributed by atoms with E-state index >= 15 is 0 Å². The lowest BCUT2D eigenvalue weighted by molar-refractivity contribution is 0.660. The summed E-state index contributed by atoms with van der Waals surface area (Å²) in [5.41, 5.74) is 18.1. The molecule has 0 atom stereocenters. The van der Waals surface area contributed by atoms with Gasteiger partial charge in [-0.15, -0.1) is 0 Å². The predicted octanol–water partition coefficient (Wildman–Crippen LogP) is 17.6. The van der Waals surface area contributed by atoms with Crippen LogP contribution >= 0.6 is 0 Å². The van der Waals surface area contributed by atoms with E-state index in [-0.39, 0.29) is 5.41 Å². The number of anilines is 3. The van der Waals surface area contributed by atoms with Gasteiger partial charge in [-0.05, 0) is 136 Å². The molecule has 0 heterocycles. The second kappa shape index (κ2) is 15.1. The van der Waals surface area contributed by atoms with Crippen molar-refractivity contribution in [3.05, 3.63) is 248 Å². The van der Waals surface area contributed by atoms with Crippen LogP contribution in [0.3, 0.4) is 0 Å². The van der Waals surface area contributed by atoms with E-state index < -0.39 is 0 Å². The first-order valence-corrected chi connectivity index (χ1v) is 22.3.